The number of benzene rings is 2. The fourth-order valence-corrected chi connectivity index (χ4v) is 3.94. The summed E-state index contributed by atoms with van der Waals surface area (Å²) in [6, 6.07) is 13.5. The summed E-state index contributed by atoms with van der Waals surface area (Å²) < 4.78 is 24.1. The van der Waals surface area contributed by atoms with Crippen molar-refractivity contribution in [3.63, 3.8) is 0 Å². The van der Waals surface area contributed by atoms with Crippen LogP contribution >= 0.6 is 0 Å². The van der Waals surface area contributed by atoms with E-state index < -0.39 is 12.1 Å². The molecule has 0 aliphatic rings. The van der Waals surface area contributed by atoms with Gasteiger partial charge in [-0.2, -0.15) is 0 Å². The number of aryl methyl sites for hydroxylation is 1. The molecule has 0 spiro atoms. The molecule has 4 rings (SSSR count). The first-order valence-corrected chi connectivity index (χ1v) is 11.0. The van der Waals surface area contributed by atoms with E-state index in [0.29, 0.717) is 37.0 Å². The van der Waals surface area contributed by atoms with Crippen LogP contribution in [0.25, 0.3) is 22.4 Å². The number of rotatable bonds is 10. The van der Waals surface area contributed by atoms with Crippen molar-refractivity contribution < 1.29 is 28.5 Å². The van der Waals surface area contributed by atoms with Crippen LogP contribution in [0.1, 0.15) is 23.9 Å². The number of carboxylic acids is 1. The van der Waals surface area contributed by atoms with Gasteiger partial charge in [0.25, 0.3) is 0 Å². The Kier molecular flexibility index (Phi) is 6.88. The smallest absolute Gasteiger partial charge is 0.333 e. The number of aromatic nitrogens is 2. The summed E-state index contributed by atoms with van der Waals surface area (Å²) in [5.74, 6) is 1.60. The number of carboxylic acid groups (broad SMARTS) is 1. The molecular weight excluding hydrogens is 436 g/mol. The predicted molar refractivity (Wildman–Crippen MR) is 128 cm³/mol. The van der Waals surface area contributed by atoms with E-state index in [1.165, 1.54) is 0 Å². The lowest BCUT2D eigenvalue weighted by Gasteiger charge is -2.12. The van der Waals surface area contributed by atoms with Gasteiger partial charge < -0.3 is 28.3 Å². The summed E-state index contributed by atoms with van der Waals surface area (Å²) in [6.07, 6.45) is 1.46. The van der Waals surface area contributed by atoms with Gasteiger partial charge in [-0.3, -0.25) is 0 Å². The van der Waals surface area contributed by atoms with Crippen molar-refractivity contribution in [3.05, 3.63) is 65.7 Å². The predicted octanol–water partition coefficient (Wildman–Crippen LogP) is 4.70. The van der Waals surface area contributed by atoms with Crippen LogP contribution < -0.4 is 9.47 Å². The van der Waals surface area contributed by atoms with Crippen LogP contribution in [0.2, 0.25) is 0 Å². The van der Waals surface area contributed by atoms with E-state index >= 15 is 0 Å². The molecule has 1 atom stereocenters. The van der Waals surface area contributed by atoms with Crippen molar-refractivity contribution in [1.82, 2.24) is 9.55 Å². The second kappa shape index (κ2) is 10.0. The number of ether oxygens (including phenoxy) is 3. The summed E-state index contributed by atoms with van der Waals surface area (Å²) in [5, 5.41) is 10.4. The lowest BCUT2D eigenvalue weighted by Crippen LogP contribution is -2.26. The van der Waals surface area contributed by atoms with Gasteiger partial charge in [-0.25, -0.2) is 9.78 Å². The van der Waals surface area contributed by atoms with Crippen LogP contribution in [0.4, 0.5) is 0 Å². The SMILES string of the molecule is CCO[C@@H](Cc1ccc2c(ccn2Cc2nc(-c3cc(OC)cc(OC)c3)oc2C)c1)C(=O)O. The molecule has 0 radical (unpaired) electrons. The molecule has 0 aliphatic carbocycles. The average Bonchev–Trinajstić information content (AvgIpc) is 3.41. The first-order chi connectivity index (χ1) is 16.4. The summed E-state index contributed by atoms with van der Waals surface area (Å²) in [5.41, 5.74) is 3.53. The van der Waals surface area contributed by atoms with Crippen LogP contribution in [0.3, 0.4) is 0 Å². The molecule has 0 bridgehead atoms. The van der Waals surface area contributed by atoms with Gasteiger partial charge in [0.05, 0.1) is 20.8 Å². The van der Waals surface area contributed by atoms with Gasteiger partial charge in [-0.1, -0.05) is 6.07 Å². The largest absolute Gasteiger partial charge is 0.497 e. The van der Waals surface area contributed by atoms with Crippen molar-refractivity contribution in [2.75, 3.05) is 20.8 Å². The minimum Gasteiger partial charge on any atom is -0.497 e. The third-order valence-electron chi connectivity index (χ3n) is 5.71. The third kappa shape index (κ3) is 4.92. The minimum atomic E-state index is -0.953. The second-order valence-electron chi connectivity index (χ2n) is 7.95. The fourth-order valence-electron chi connectivity index (χ4n) is 3.94. The zero-order valence-electron chi connectivity index (χ0n) is 19.7. The third-order valence-corrected chi connectivity index (χ3v) is 5.71. The Morgan fingerprint density at radius 1 is 1.12 bits per heavy atom. The standard InChI is InChI=1S/C26H28N2O6/c1-5-33-24(26(29)30)11-17-6-7-23-18(10-17)8-9-28(23)15-22-16(2)34-25(27-22)19-12-20(31-3)14-21(13-19)32-4/h6-10,12-14,24H,5,11,15H2,1-4H3,(H,29,30)/t24-/m0/s1. The maximum Gasteiger partial charge on any atom is 0.333 e. The van der Waals surface area contributed by atoms with Crippen molar-refractivity contribution in [3.8, 4) is 23.0 Å². The quantitative estimate of drug-likeness (QED) is 0.363. The lowest BCUT2D eigenvalue weighted by molar-refractivity contribution is -0.149. The molecule has 34 heavy (non-hydrogen) atoms. The molecule has 4 aromatic rings. The Balaban J connectivity index is 1.58. The Hall–Kier alpha value is -3.78. The second-order valence-corrected chi connectivity index (χ2v) is 7.95. The maximum absolute atomic E-state index is 11.4. The minimum absolute atomic E-state index is 0.319. The molecule has 178 valence electrons. The van der Waals surface area contributed by atoms with E-state index in [1.54, 1.807) is 27.2 Å². The molecule has 2 heterocycles. The van der Waals surface area contributed by atoms with Crippen molar-refractivity contribution in [1.29, 1.82) is 0 Å². The van der Waals surface area contributed by atoms with E-state index in [-0.39, 0.29) is 0 Å². The van der Waals surface area contributed by atoms with E-state index in [9.17, 15) is 9.90 Å². The molecule has 1 N–H and O–H groups in total. The number of hydrogen-bond acceptors (Lipinski definition) is 6. The number of aliphatic carboxylic acids is 1. The molecule has 0 saturated carbocycles. The Morgan fingerprint density at radius 3 is 2.50 bits per heavy atom. The molecule has 2 aromatic heterocycles. The molecule has 0 amide bonds. The topological polar surface area (TPSA) is 96.0 Å². The van der Waals surface area contributed by atoms with Crippen molar-refractivity contribution in [2.24, 2.45) is 0 Å². The van der Waals surface area contributed by atoms with E-state index in [0.717, 1.165) is 33.5 Å². The van der Waals surface area contributed by atoms with Crippen LogP contribution in [0.15, 0.2) is 53.1 Å². The molecule has 0 aliphatic heterocycles. The highest BCUT2D eigenvalue weighted by Gasteiger charge is 2.19. The number of methoxy groups -OCH3 is 2. The molecule has 0 fully saturated rings. The lowest BCUT2D eigenvalue weighted by atomic mass is 10.1. The fraction of sp³-hybridized carbons (Fsp3) is 0.308. The van der Waals surface area contributed by atoms with Crippen LogP contribution in [-0.2, 0) is 22.5 Å². The molecular formula is C26H28N2O6. The Bertz CT molecular complexity index is 1280. The van der Waals surface area contributed by atoms with Gasteiger partial charge in [0.15, 0.2) is 6.10 Å². The number of oxazole rings is 1. The highest BCUT2D eigenvalue weighted by molar-refractivity contribution is 5.81. The van der Waals surface area contributed by atoms with Crippen LogP contribution in [-0.4, -0.2) is 47.6 Å². The molecule has 0 unspecified atom stereocenters. The van der Waals surface area contributed by atoms with E-state index in [2.05, 4.69) is 4.57 Å². The zero-order valence-corrected chi connectivity index (χ0v) is 19.7. The first kappa shape index (κ1) is 23.4. The molecule has 0 saturated heterocycles. The molecule has 8 heteroatoms. The van der Waals surface area contributed by atoms with Gasteiger partial charge >= 0.3 is 5.97 Å². The van der Waals surface area contributed by atoms with Gasteiger partial charge in [0.2, 0.25) is 5.89 Å². The summed E-state index contributed by atoms with van der Waals surface area (Å²) in [4.78, 5) is 16.1. The molecule has 8 nitrogen and oxygen atoms in total. The van der Waals surface area contributed by atoms with E-state index in [4.69, 9.17) is 23.6 Å². The normalized spacial score (nSPS) is 12.1. The summed E-state index contributed by atoms with van der Waals surface area (Å²) in [7, 11) is 3.21. The van der Waals surface area contributed by atoms with Gasteiger partial charge in [0.1, 0.15) is 23.0 Å². The number of carbonyl (C=O) groups is 1. The summed E-state index contributed by atoms with van der Waals surface area (Å²) in [6.45, 7) is 4.58. The Labute approximate surface area is 197 Å². The number of nitrogens with zero attached hydrogens (tertiary/aromatic N) is 2. The van der Waals surface area contributed by atoms with Crippen LogP contribution in [0.5, 0.6) is 11.5 Å². The Morgan fingerprint density at radius 2 is 1.85 bits per heavy atom. The summed E-state index contributed by atoms with van der Waals surface area (Å²) >= 11 is 0. The molecule has 2 aromatic carbocycles. The number of hydrogen-bond donors (Lipinski definition) is 1. The van der Waals surface area contributed by atoms with Gasteiger partial charge in [-0.15, -0.1) is 0 Å². The number of fused-ring (bicyclic) bond motifs is 1. The highest BCUT2D eigenvalue weighted by Crippen LogP contribution is 2.31. The maximum atomic E-state index is 11.4. The van der Waals surface area contributed by atoms with Crippen molar-refractivity contribution >= 4 is 16.9 Å². The monoisotopic (exact) mass is 464 g/mol. The van der Waals surface area contributed by atoms with Crippen molar-refractivity contribution in [2.45, 2.75) is 32.9 Å². The zero-order chi connectivity index (χ0) is 24.2. The van der Waals surface area contributed by atoms with Gasteiger partial charge in [-0.05, 0) is 55.1 Å². The van der Waals surface area contributed by atoms with E-state index in [1.807, 2.05) is 49.5 Å². The highest BCUT2D eigenvalue weighted by atomic mass is 16.5. The first-order valence-electron chi connectivity index (χ1n) is 11.0. The average molecular weight is 465 g/mol. The van der Waals surface area contributed by atoms with Gasteiger partial charge in [0, 0.05) is 36.4 Å². The van der Waals surface area contributed by atoms with Crippen LogP contribution in [0, 0.1) is 6.92 Å².